The molecule has 1 aromatic rings. The topological polar surface area (TPSA) is 41.5 Å². The van der Waals surface area contributed by atoms with Crippen molar-refractivity contribution in [1.82, 2.24) is 5.32 Å². The van der Waals surface area contributed by atoms with E-state index in [1.165, 1.54) is 18.4 Å². The molecule has 19 heavy (non-hydrogen) atoms. The van der Waals surface area contributed by atoms with Crippen LogP contribution in [-0.2, 0) is 0 Å². The summed E-state index contributed by atoms with van der Waals surface area (Å²) in [5.74, 6) is 1.54. The number of para-hydroxylation sites is 1. The third-order valence-electron chi connectivity index (χ3n) is 4.67. The molecular formula is C16H23NO2. The quantitative estimate of drug-likeness (QED) is 0.874. The molecule has 1 atom stereocenters. The third-order valence-corrected chi connectivity index (χ3v) is 4.67. The zero-order valence-electron chi connectivity index (χ0n) is 11.4. The number of hydrogen-bond acceptors (Lipinski definition) is 3. The van der Waals surface area contributed by atoms with Gasteiger partial charge in [-0.2, -0.15) is 0 Å². The van der Waals surface area contributed by atoms with Crippen molar-refractivity contribution in [2.75, 3.05) is 19.8 Å². The fraction of sp³-hybridized carbons (Fsp3) is 0.625. The van der Waals surface area contributed by atoms with Gasteiger partial charge in [-0.1, -0.05) is 31.0 Å². The molecule has 2 aliphatic rings. The predicted molar refractivity (Wildman–Crippen MR) is 75.6 cm³/mol. The lowest BCUT2D eigenvalue weighted by atomic mass is 9.91. The van der Waals surface area contributed by atoms with E-state index in [2.05, 4.69) is 23.5 Å². The molecule has 1 aliphatic carbocycles. The zero-order chi connectivity index (χ0) is 13.1. The second-order valence-electron chi connectivity index (χ2n) is 5.90. The average Bonchev–Trinajstić information content (AvgIpc) is 2.94. The van der Waals surface area contributed by atoms with E-state index in [1.807, 2.05) is 6.07 Å². The van der Waals surface area contributed by atoms with Crippen LogP contribution in [0.25, 0.3) is 0 Å². The van der Waals surface area contributed by atoms with Gasteiger partial charge >= 0.3 is 0 Å². The molecule has 1 saturated carbocycles. The summed E-state index contributed by atoms with van der Waals surface area (Å²) in [6.45, 7) is 2.01. The van der Waals surface area contributed by atoms with Crippen LogP contribution in [0.15, 0.2) is 24.3 Å². The molecule has 1 unspecified atom stereocenters. The van der Waals surface area contributed by atoms with Gasteiger partial charge in [-0.25, -0.2) is 0 Å². The van der Waals surface area contributed by atoms with Crippen LogP contribution in [0.3, 0.4) is 0 Å². The standard InChI is InChI=1S/C16H23NO2/c18-12-16(8-3-4-9-16)17-11-13-7-10-19-15-6-2-1-5-14(13)15/h1-2,5-6,13,17-18H,3-4,7-12H2. The maximum absolute atomic E-state index is 9.65. The Morgan fingerprint density at radius 3 is 2.84 bits per heavy atom. The smallest absolute Gasteiger partial charge is 0.122 e. The predicted octanol–water partition coefficient (Wildman–Crippen LogP) is 2.45. The maximum Gasteiger partial charge on any atom is 0.122 e. The molecule has 1 aliphatic heterocycles. The second kappa shape index (κ2) is 5.51. The van der Waals surface area contributed by atoms with Crippen molar-refractivity contribution in [3.05, 3.63) is 29.8 Å². The summed E-state index contributed by atoms with van der Waals surface area (Å²) < 4.78 is 5.70. The first-order chi connectivity index (χ1) is 9.33. The number of rotatable bonds is 4. The van der Waals surface area contributed by atoms with Gasteiger partial charge in [0.05, 0.1) is 13.2 Å². The summed E-state index contributed by atoms with van der Waals surface area (Å²) in [4.78, 5) is 0. The number of benzene rings is 1. The molecule has 3 rings (SSSR count). The van der Waals surface area contributed by atoms with E-state index >= 15 is 0 Å². The van der Waals surface area contributed by atoms with Crippen molar-refractivity contribution >= 4 is 0 Å². The van der Waals surface area contributed by atoms with E-state index in [0.29, 0.717) is 5.92 Å². The van der Waals surface area contributed by atoms with Crippen molar-refractivity contribution in [2.24, 2.45) is 0 Å². The minimum atomic E-state index is -0.0206. The van der Waals surface area contributed by atoms with E-state index in [1.54, 1.807) is 0 Å². The molecule has 1 aromatic carbocycles. The molecule has 1 fully saturated rings. The number of fused-ring (bicyclic) bond motifs is 1. The van der Waals surface area contributed by atoms with Crippen LogP contribution in [0.2, 0.25) is 0 Å². The second-order valence-corrected chi connectivity index (χ2v) is 5.90. The lowest BCUT2D eigenvalue weighted by molar-refractivity contribution is 0.158. The van der Waals surface area contributed by atoms with Crippen LogP contribution in [-0.4, -0.2) is 30.4 Å². The van der Waals surface area contributed by atoms with Gasteiger partial charge in [-0.05, 0) is 30.9 Å². The van der Waals surface area contributed by atoms with Crippen LogP contribution >= 0.6 is 0 Å². The highest BCUT2D eigenvalue weighted by Gasteiger charge is 2.33. The first kappa shape index (κ1) is 12.9. The molecule has 2 N–H and O–H groups in total. The number of hydrogen-bond donors (Lipinski definition) is 2. The van der Waals surface area contributed by atoms with Gasteiger partial charge in [-0.15, -0.1) is 0 Å². The monoisotopic (exact) mass is 261 g/mol. The summed E-state index contributed by atoms with van der Waals surface area (Å²) in [5, 5.41) is 13.3. The van der Waals surface area contributed by atoms with Crippen LogP contribution in [0.4, 0.5) is 0 Å². The van der Waals surface area contributed by atoms with Crippen LogP contribution in [0.1, 0.15) is 43.6 Å². The molecule has 1 heterocycles. The third kappa shape index (κ3) is 2.63. The lowest BCUT2D eigenvalue weighted by Gasteiger charge is -2.32. The average molecular weight is 261 g/mol. The molecule has 0 spiro atoms. The Bertz CT molecular complexity index is 427. The van der Waals surface area contributed by atoms with E-state index < -0.39 is 0 Å². The fourth-order valence-corrected chi connectivity index (χ4v) is 3.41. The molecule has 0 radical (unpaired) electrons. The molecule has 3 nitrogen and oxygen atoms in total. The summed E-state index contributed by atoms with van der Waals surface area (Å²) in [5.41, 5.74) is 1.29. The number of ether oxygens (including phenoxy) is 1. The van der Waals surface area contributed by atoms with Crippen molar-refractivity contribution in [3.8, 4) is 5.75 Å². The first-order valence-electron chi connectivity index (χ1n) is 7.41. The van der Waals surface area contributed by atoms with Gasteiger partial charge < -0.3 is 15.2 Å². The Morgan fingerprint density at radius 1 is 1.26 bits per heavy atom. The SMILES string of the molecule is OCC1(NCC2CCOc3ccccc32)CCCC1. The summed E-state index contributed by atoms with van der Waals surface area (Å²) in [6, 6.07) is 8.33. The molecule has 3 heteroatoms. The van der Waals surface area contributed by atoms with Gasteiger partial charge in [-0.3, -0.25) is 0 Å². The highest BCUT2D eigenvalue weighted by atomic mass is 16.5. The summed E-state index contributed by atoms with van der Waals surface area (Å²) in [6.07, 6.45) is 5.74. The van der Waals surface area contributed by atoms with Gasteiger partial charge in [0.2, 0.25) is 0 Å². The van der Waals surface area contributed by atoms with Crippen LogP contribution in [0, 0.1) is 0 Å². The first-order valence-corrected chi connectivity index (χ1v) is 7.41. The Hall–Kier alpha value is -1.06. The maximum atomic E-state index is 9.65. The molecule has 0 amide bonds. The van der Waals surface area contributed by atoms with Gasteiger partial charge in [0.15, 0.2) is 0 Å². The molecular weight excluding hydrogens is 238 g/mol. The number of aliphatic hydroxyl groups is 1. The molecule has 104 valence electrons. The normalized spacial score (nSPS) is 24.8. The highest BCUT2D eigenvalue weighted by Crippen LogP contribution is 2.35. The minimum absolute atomic E-state index is 0.0206. The highest BCUT2D eigenvalue weighted by molar-refractivity contribution is 5.38. The van der Waals surface area contributed by atoms with E-state index in [9.17, 15) is 5.11 Å². The Labute approximate surface area is 115 Å². The van der Waals surface area contributed by atoms with Gasteiger partial charge in [0, 0.05) is 18.0 Å². The van der Waals surface area contributed by atoms with Crippen molar-refractivity contribution in [3.63, 3.8) is 0 Å². The molecule has 0 aromatic heterocycles. The van der Waals surface area contributed by atoms with Crippen molar-refractivity contribution in [2.45, 2.75) is 43.6 Å². The summed E-state index contributed by atoms with van der Waals surface area (Å²) >= 11 is 0. The molecule has 0 bridgehead atoms. The lowest BCUT2D eigenvalue weighted by Crippen LogP contribution is -2.48. The van der Waals surface area contributed by atoms with Gasteiger partial charge in [0.1, 0.15) is 5.75 Å². The van der Waals surface area contributed by atoms with E-state index in [0.717, 1.165) is 38.2 Å². The van der Waals surface area contributed by atoms with Crippen molar-refractivity contribution in [1.29, 1.82) is 0 Å². The fourth-order valence-electron chi connectivity index (χ4n) is 3.41. The van der Waals surface area contributed by atoms with E-state index in [4.69, 9.17) is 4.74 Å². The Balaban J connectivity index is 1.68. The minimum Gasteiger partial charge on any atom is -0.493 e. The Kier molecular flexibility index (Phi) is 3.76. The van der Waals surface area contributed by atoms with Crippen molar-refractivity contribution < 1.29 is 9.84 Å². The largest absolute Gasteiger partial charge is 0.493 e. The van der Waals surface area contributed by atoms with Crippen LogP contribution < -0.4 is 10.1 Å². The van der Waals surface area contributed by atoms with Gasteiger partial charge in [0.25, 0.3) is 0 Å². The molecule has 0 saturated heterocycles. The van der Waals surface area contributed by atoms with E-state index in [-0.39, 0.29) is 12.1 Å². The number of nitrogens with one attached hydrogen (secondary N) is 1. The number of aliphatic hydroxyl groups excluding tert-OH is 1. The summed E-state index contributed by atoms with van der Waals surface area (Å²) in [7, 11) is 0. The zero-order valence-corrected chi connectivity index (χ0v) is 11.4. The Morgan fingerprint density at radius 2 is 2.05 bits per heavy atom. The van der Waals surface area contributed by atoms with Crippen LogP contribution in [0.5, 0.6) is 5.75 Å².